The monoisotopic (exact) mass is 656 g/mol. The average Bonchev–Trinajstić information content (AvgIpc) is 3.06. The third kappa shape index (κ3) is 7.41. The van der Waals surface area contributed by atoms with Crippen LogP contribution in [0.15, 0.2) is 121 Å². The van der Waals surface area contributed by atoms with E-state index >= 15 is 0 Å². The molecule has 6 aromatic rings. The number of nitrogens with zero attached hydrogens (tertiary/aromatic N) is 2. The largest absolute Gasteiger partial charge is 0.310 e. The summed E-state index contributed by atoms with van der Waals surface area (Å²) in [4.78, 5) is 4.81. The molecular formula is C48H52N2. The van der Waals surface area contributed by atoms with Crippen molar-refractivity contribution < 1.29 is 0 Å². The number of hydrogen-bond donors (Lipinski definition) is 0. The predicted molar refractivity (Wildman–Crippen MR) is 218 cm³/mol. The highest BCUT2D eigenvalue weighted by Gasteiger charge is 2.19. The Kier molecular flexibility index (Phi) is 10.0. The van der Waals surface area contributed by atoms with Crippen molar-refractivity contribution in [1.29, 1.82) is 0 Å². The van der Waals surface area contributed by atoms with Crippen LogP contribution in [0.25, 0.3) is 11.1 Å². The molecule has 2 nitrogen and oxygen atoms in total. The Bertz CT molecular complexity index is 1920. The van der Waals surface area contributed by atoms with E-state index in [0.717, 1.165) is 0 Å². The van der Waals surface area contributed by atoms with Gasteiger partial charge in [-0.05, 0) is 182 Å². The third-order valence-corrected chi connectivity index (χ3v) is 9.77. The van der Waals surface area contributed by atoms with E-state index in [1.165, 1.54) is 89.8 Å². The van der Waals surface area contributed by atoms with Crippen LogP contribution in [0.1, 0.15) is 84.0 Å². The van der Waals surface area contributed by atoms with Crippen molar-refractivity contribution in [1.82, 2.24) is 0 Å². The van der Waals surface area contributed by atoms with Crippen LogP contribution >= 0.6 is 0 Å². The van der Waals surface area contributed by atoms with Gasteiger partial charge in [-0.3, -0.25) is 0 Å². The highest BCUT2D eigenvalue weighted by molar-refractivity contribution is 5.84. The first-order valence-corrected chi connectivity index (χ1v) is 18.1. The van der Waals surface area contributed by atoms with Gasteiger partial charge in [-0.15, -0.1) is 0 Å². The highest BCUT2D eigenvalue weighted by Crippen LogP contribution is 2.42. The van der Waals surface area contributed by atoms with E-state index in [4.69, 9.17) is 0 Å². The maximum Gasteiger partial charge on any atom is 0.0491 e. The summed E-state index contributed by atoms with van der Waals surface area (Å²) in [6.45, 7) is 22.2. The summed E-state index contributed by atoms with van der Waals surface area (Å²) in [7, 11) is 0. The summed E-state index contributed by atoms with van der Waals surface area (Å²) in [5.41, 5.74) is 19.7. The molecule has 2 heteroatoms. The minimum atomic E-state index is 0.494. The summed E-state index contributed by atoms with van der Waals surface area (Å²) >= 11 is 0. The SMILES string of the molecule is Cc1cc(C)cc(N(c2ccc(C(C)C)cc2)c2ccc(-c3ccc(N(c4ccc(C(C)C)cc4)c4cc(C)cc(C)c4)c(C)c3)cc2C)c1. The second-order valence-corrected chi connectivity index (χ2v) is 14.9. The molecule has 0 N–H and O–H groups in total. The number of hydrogen-bond acceptors (Lipinski definition) is 2. The van der Waals surface area contributed by atoms with Gasteiger partial charge in [-0.2, -0.15) is 0 Å². The van der Waals surface area contributed by atoms with Gasteiger partial charge in [-0.1, -0.05) is 76.2 Å². The quantitative estimate of drug-likeness (QED) is 0.153. The molecule has 0 atom stereocenters. The standard InChI is InChI=1S/C48H52N2/c1-31(2)39-11-17-43(18-12-39)49(45-25-33(5)23-34(6)26-45)47-21-15-41(29-37(47)9)42-16-22-48(38(10)30-42)50(46-27-35(7)24-36(8)28-46)44-19-13-40(14-20-44)32(3)4/h11-32H,1-10H3. The van der Waals surface area contributed by atoms with Gasteiger partial charge in [0.2, 0.25) is 0 Å². The highest BCUT2D eigenvalue weighted by atomic mass is 15.1. The lowest BCUT2D eigenvalue weighted by molar-refractivity contribution is 0.866. The van der Waals surface area contributed by atoms with Gasteiger partial charge in [0.1, 0.15) is 0 Å². The maximum absolute atomic E-state index is 2.41. The lowest BCUT2D eigenvalue weighted by atomic mass is 9.97. The van der Waals surface area contributed by atoms with E-state index in [-0.39, 0.29) is 0 Å². The van der Waals surface area contributed by atoms with Gasteiger partial charge in [-0.25, -0.2) is 0 Å². The van der Waals surface area contributed by atoms with Crippen molar-refractivity contribution in [3.8, 4) is 11.1 Å². The maximum atomic E-state index is 2.41. The van der Waals surface area contributed by atoms with Crippen molar-refractivity contribution in [2.24, 2.45) is 0 Å². The molecule has 6 rings (SSSR count). The summed E-state index contributed by atoms with van der Waals surface area (Å²) in [6.07, 6.45) is 0. The van der Waals surface area contributed by atoms with E-state index in [1.54, 1.807) is 0 Å². The Morgan fingerprint density at radius 1 is 0.340 bits per heavy atom. The average molecular weight is 657 g/mol. The van der Waals surface area contributed by atoms with Gasteiger partial charge >= 0.3 is 0 Å². The molecular weight excluding hydrogens is 605 g/mol. The zero-order valence-electron chi connectivity index (χ0n) is 31.6. The summed E-state index contributed by atoms with van der Waals surface area (Å²) in [5.74, 6) is 0.987. The molecule has 0 aromatic heterocycles. The molecule has 0 unspecified atom stereocenters. The van der Waals surface area contributed by atoms with Crippen molar-refractivity contribution in [2.75, 3.05) is 9.80 Å². The molecule has 0 bridgehead atoms. The Morgan fingerprint density at radius 2 is 0.660 bits per heavy atom. The first-order valence-electron chi connectivity index (χ1n) is 18.1. The fraction of sp³-hybridized carbons (Fsp3) is 0.250. The number of aryl methyl sites for hydroxylation is 6. The van der Waals surface area contributed by atoms with Crippen molar-refractivity contribution in [2.45, 2.75) is 81.1 Å². The second kappa shape index (κ2) is 14.4. The van der Waals surface area contributed by atoms with Crippen LogP contribution in [0, 0.1) is 41.5 Å². The van der Waals surface area contributed by atoms with Crippen LogP contribution in [0.2, 0.25) is 0 Å². The molecule has 0 radical (unpaired) electrons. The smallest absolute Gasteiger partial charge is 0.0491 e. The molecule has 0 fully saturated rings. The second-order valence-electron chi connectivity index (χ2n) is 14.9. The first-order chi connectivity index (χ1) is 23.9. The topological polar surface area (TPSA) is 6.48 Å². The number of anilines is 6. The molecule has 0 aliphatic heterocycles. The Morgan fingerprint density at radius 3 is 0.940 bits per heavy atom. The minimum absolute atomic E-state index is 0.494. The Balaban J connectivity index is 1.40. The van der Waals surface area contributed by atoms with Gasteiger partial charge in [0.25, 0.3) is 0 Å². The molecule has 0 aliphatic rings. The molecule has 0 saturated carbocycles. The van der Waals surface area contributed by atoms with Crippen LogP contribution < -0.4 is 9.80 Å². The first kappa shape index (κ1) is 34.8. The van der Waals surface area contributed by atoms with Gasteiger partial charge in [0, 0.05) is 34.1 Å². The molecule has 50 heavy (non-hydrogen) atoms. The van der Waals surface area contributed by atoms with Crippen molar-refractivity contribution in [3.63, 3.8) is 0 Å². The van der Waals surface area contributed by atoms with E-state index in [0.29, 0.717) is 11.8 Å². The normalized spacial score (nSPS) is 11.4. The zero-order chi connectivity index (χ0) is 35.7. The number of benzene rings is 6. The van der Waals surface area contributed by atoms with E-state index in [2.05, 4.69) is 200 Å². The molecule has 0 saturated heterocycles. The van der Waals surface area contributed by atoms with E-state index in [1.807, 2.05) is 0 Å². The Labute approximate surface area is 301 Å². The van der Waals surface area contributed by atoms with Crippen LogP contribution in [-0.2, 0) is 0 Å². The minimum Gasteiger partial charge on any atom is -0.310 e. The Hall–Kier alpha value is -5.08. The third-order valence-electron chi connectivity index (χ3n) is 9.77. The van der Waals surface area contributed by atoms with Crippen molar-refractivity contribution >= 4 is 34.1 Å². The molecule has 6 aromatic carbocycles. The summed E-state index contributed by atoms with van der Waals surface area (Å²) in [5, 5.41) is 0. The number of rotatable bonds is 9. The van der Waals surface area contributed by atoms with Crippen LogP contribution in [0.5, 0.6) is 0 Å². The molecule has 0 spiro atoms. The fourth-order valence-corrected chi connectivity index (χ4v) is 7.20. The molecule has 254 valence electrons. The summed E-state index contributed by atoms with van der Waals surface area (Å²) < 4.78 is 0. The molecule has 0 amide bonds. The predicted octanol–water partition coefficient (Wildman–Crippen LogP) is 14.4. The van der Waals surface area contributed by atoms with Gasteiger partial charge in [0.15, 0.2) is 0 Å². The molecule has 0 heterocycles. The fourth-order valence-electron chi connectivity index (χ4n) is 7.20. The van der Waals surface area contributed by atoms with Gasteiger partial charge < -0.3 is 9.80 Å². The van der Waals surface area contributed by atoms with Crippen LogP contribution in [-0.4, -0.2) is 0 Å². The van der Waals surface area contributed by atoms with Gasteiger partial charge in [0.05, 0.1) is 0 Å². The lowest BCUT2D eigenvalue weighted by Gasteiger charge is -2.29. The van der Waals surface area contributed by atoms with Crippen LogP contribution in [0.4, 0.5) is 34.1 Å². The van der Waals surface area contributed by atoms with E-state index in [9.17, 15) is 0 Å². The molecule has 0 aliphatic carbocycles. The van der Waals surface area contributed by atoms with Crippen molar-refractivity contribution in [3.05, 3.63) is 166 Å². The zero-order valence-corrected chi connectivity index (χ0v) is 31.6. The summed E-state index contributed by atoms with van der Waals surface area (Å²) in [6, 6.07) is 45.6. The lowest BCUT2D eigenvalue weighted by Crippen LogP contribution is -2.12. The van der Waals surface area contributed by atoms with E-state index < -0.39 is 0 Å². The van der Waals surface area contributed by atoms with Crippen LogP contribution in [0.3, 0.4) is 0 Å².